The van der Waals surface area contributed by atoms with Crippen molar-refractivity contribution >= 4 is 27.2 Å². The number of hydrogen-bond donors (Lipinski definition) is 1. The maximum atomic E-state index is 11.3. The van der Waals surface area contributed by atoms with E-state index in [2.05, 4.69) is 10.3 Å². The molecule has 2 aromatic rings. The number of hydrogen-bond acceptors (Lipinski definition) is 5. The highest BCUT2D eigenvalue weighted by Crippen LogP contribution is 2.37. The Hall–Kier alpha value is -1.53. The largest absolute Gasteiger partial charge is 0.316 e. The summed E-state index contributed by atoms with van der Waals surface area (Å²) in [6.07, 6.45) is 3.14. The van der Waals surface area contributed by atoms with Crippen LogP contribution in [-0.4, -0.2) is 23.0 Å². The summed E-state index contributed by atoms with van der Waals surface area (Å²) in [7, 11) is 1.93. The van der Waals surface area contributed by atoms with Crippen LogP contribution in [0.1, 0.15) is 18.4 Å². The van der Waals surface area contributed by atoms with Gasteiger partial charge in [0.25, 0.3) is 5.69 Å². The SMILES string of the molecule is CNC(Cc1ccc2scnc2c1[N+](=O)[O-])C1CC1. The molecule has 0 saturated heterocycles. The van der Waals surface area contributed by atoms with E-state index in [1.54, 1.807) is 5.51 Å². The molecule has 1 heterocycles. The van der Waals surface area contributed by atoms with E-state index in [-0.39, 0.29) is 10.6 Å². The number of nitrogens with zero attached hydrogens (tertiary/aromatic N) is 2. The molecule has 0 bridgehead atoms. The molecule has 19 heavy (non-hydrogen) atoms. The minimum atomic E-state index is -0.295. The minimum absolute atomic E-state index is 0.180. The van der Waals surface area contributed by atoms with Crippen LogP contribution in [0.5, 0.6) is 0 Å². The summed E-state index contributed by atoms with van der Waals surface area (Å²) < 4.78 is 0.878. The Labute approximate surface area is 114 Å². The van der Waals surface area contributed by atoms with E-state index < -0.39 is 0 Å². The van der Waals surface area contributed by atoms with Gasteiger partial charge in [-0.25, -0.2) is 4.98 Å². The molecule has 3 rings (SSSR count). The monoisotopic (exact) mass is 277 g/mol. The lowest BCUT2D eigenvalue weighted by molar-refractivity contribution is -0.383. The molecule has 1 unspecified atom stereocenters. The van der Waals surface area contributed by atoms with E-state index in [4.69, 9.17) is 0 Å². The zero-order chi connectivity index (χ0) is 13.4. The van der Waals surface area contributed by atoms with Crippen molar-refractivity contribution in [3.05, 3.63) is 33.3 Å². The summed E-state index contributed by atoms with van der Waals surface area (Å²) >= 11 is 1.44. The van der Waals surface area contributed by atoms with Crippen LogP contribution in [0.4, 0.5) is 5.69 Å². The summed E-state index contributed by atoms with van der Waals surface area (Å²) in [6.45, 7) is 0. The van der Waals surface area contributed by atoms with Gasteiger partial charge in [0.2, 0.25) is 0 Å². The first-order valence-electron chi connectivity index (χ1n) is 6.37. The van der Waals surface area contributed by atoms with Crippen molar-refractivity contribution in [2.24, 2.45) is 5.92 Å². The van der Waals surface area contributed by atoms with Gasteiger partial charge in [-0.05, 0) is 38.3 Å². The van der Waals surface area contributed by atoms with Crippen molar-refractivity contribution in [2.75, 3.05) is 7.05 Å². The Morgan fingerprint density at radius 2 is 2.37 bits per heavy atom. The number of thiazole rings is 1. The molecule has 1 aromatic carbocycles. The molecule has 1 atom stereocenters. The van der Waals surface area contributed by atoms with Crippen LogP contribution < -0.4 is 5.32 Å². The second-order valence-corrected chi connectivity index (χ2v) is 5.85. The Kier molecular flexibility index (Phi) is 3.20. The van der Waals surface area contributed by atoms with Crippen LogP contribution in [0.3, 0.4) is 0 Å². The fourth-order valence-electron chi connectivity index (χ4n) is 2.57. The minimum Gasteiger partial charge on any atom is -0.316 e. The van der Waals surface area contributed by atoms with E-state index in [0.29, 0.717) is 23.9 Å². The maximum Gasteiger partial charge on any atom is 0.299 e. The third-order valence-corrected chi connectivity index (χ3v) is 4.54. The maximum absolute atomic E-state index is 11.3. The molecular weight excluding hydrogens is 262 g/mol. The van der Waals surface area contributed by atoms with Crippen molar-refractivity contribution in [3.63, 3.8) is 0 Å². The third-order valence-electron chi connectivity index (χ3n) is 3.74. The normalized spacial score (nSPS) is 16.7. The molecular formula is C13H15N3O2S. The molecule has 1 aliphatic rings. The Bertz CT molecular complexity index is 621. The van der Waals surface area contributed by atoms with E-state index in [1.807, 2.05) is 19.2 Å². The van der Waals surface area contributed by atoms with Crippen LogP contribution in [0, 0.1) is 16.0 Å². The van der Waals surface area contributed by atoms with E-state index in [1.165, 1.54) is 24.2 Å². The number of likely N-dealkylation sites (N-methyl/N-ethyl adjacent to an activating group) is 1. The molecule has 0 radical (unpaired) electrons. The zero-order valence-corrected chi connectivity index (χ0v) is 11.4. The summed E-state index contributed by atoms with van der Waals surface area (Å²) in [6, 6.07) is 4.15. The van der Waals surface area contributed by atoms with Crippen molar-refractivity contribution in [3.8, 4) is 0 Å². The topological polar surface area (TPSA) is 68.1 Å². The first kappa shape index (κ1) is 12.5. The second-order valence-electron chi connectivity index (χ2n) is 4.97. The third kappa shape index (κ3) is 2.33. The Balaban J connectivity index is 2.01. The number of nitro benzene ring substituents is 1. The van der Waals surface area contributed by atoms with Crippen molar-refractivity contribution in [1.82, 2.24) is 10.3 Å². The van der Waals surface area contributed by atoms with Crippen LogP contribution >= 0.6 is 11.3 Å². The van der Waals surface area contributed by atoms with Crippen LogP contribution in [0.15, 0.2) is 17.6 Å². The number of nitrogens with one attached hydrogen (secondary N) is 1. The molecule has 1 N–H and O–H groups in total. The van der Waals surface area contributed by atoms with Crippen LogP contribution in [0.2, 0.25) is 0 Å². The Morgan fingerprint density at radius 1 is 1.58 bits per heavy atom. The van der Waals surface area contributed by atoms with Gasteiger partial charge in [0.1, 0.15) is 0 Å². The quantitative estimate of drug-likeness (QED) is 0.674. The predicted molar refractivity (Wildman–Crippen MR) is 75.6 cm³/mol. The van der Waals surface area contributed by atoms with Gasteiger partial charge >= 0.3 is 0 Å². The second kappa shape index (κ2) is 4.86. The van der Waals surface area contributed by atoms with E-state index in [9.17, 15) is 10.1 Å². The number of benzene rings is 1. The molecule has 1 aliphatic carbocycles. The standard InChI is InChI=1S/C13H15N3O2S/c1-14-10(8-2-3-8)6-9-4-5-11-12(15-7-19-11)13(9)16(17)18/h4-5,7-8,10,14H,2-3,6H2,1H3. The first-order chi connectivity index (χ1) is 9.20. The highest BCUT2D eigenvalue weighted by Gasteiger charge is 2.32. The van der Waals surface area contributed by atoms with Crippen LogP contribution in [-0.2, 0) is 6.42 Å². The molecule has 0 amide bonds. The molecule has 6 heteroatoms. The highest BCUT2D eigenvalue weighted by molar-refractivity contribution is 7.16. The van der Waals surface area contributed by atoms with Gasteiger partial charge in [0.05, 0.1) is 15.1 Å². The number of nitro groups is 1. The summed E-state index contributed by atoms with van der Waals surface area (Å²) in [5, 5.41) is 14.6. The van der Waals surface area contributed by atoms with Gasteiger partial charge in [-0.2, -0.15) is 0 Å². The average molecular weight is 277 g/mol. The molecule has 0 spiro atoms. The zero-order valence-electron chi connectivity index (χ0n) is 10.6. The van der Waals surface area contributed by atoms with E-state index >= 15 is 0 Å². The first-order valence-corrected chi connectivity index (χ1v) is 7.25. The predicted octanol–water partition coefficient (Wildman–Crippen LogP) is 2.75. The van der Waals surface area contributed by atoms with Crippen LogP contribution in [0.25, 0.3) is 10.2 Å². The van der Waals surface area contributed by atoms with Gasteiger partial charge in [0, 0.05) is 11.6 Å². The molecule has 1 saturated carbocycles. The highest BCUT2D eigenvalue weighted by atomic mass is 32.1. The van der Waals surface area contributed by atoms with Gasteiger partial charge < -0.3 is 5.32 Å². The number of rotatable bonds is 5. The number of aromatic nitrogens is 1. The molecule has 100 valence electrons. The summed E-state index contributed by atoms with van der Waals surface area (Å²) in [5.74, 6) is 0.663. The van der Waals surface area contributed by atoms with Gasteiger partial charge in [-0.15, -0.1) is 11.3 Å². The van der Waals surface area contributed by atoms with Crippen molar-refractivity contribution < 1.29 is 4.92 Å². The fourth-order valence-corrected chi connectivity index (χ4v) is 3.25. The number of fused-ring (bicyclic) bond motifs is 1. The summed E-state index contributed by atoms with van der Waals surface area (Å²) in [5.41, 5.74) is 3.16. The lowest BCUT2D eigenvalue weighted by Crippen LogP contribution is -2.29. The summed E-state index contributed by atoms with van der Waals surface area (Å²) in [4.78, 5) is 15.2. The molecule has 0 aliphatic heterocycles. The van der Waals surface area contributed by atoms with Gasteiger partial charge in [0.15, 0.2) is 5.52 Å². The fraction of sp³-hybridized carbons (Fsp3) is 0.462. The molecule has 5 nitrogen and oxygen atoms in total. The van der Waals surface area contributed by atoms with Gasteiger partial charge in [-0.1, -0.05) is 6.07 Å². The smallest absolute Gasteiger partial charge is 0.299 e. The molecule has 1 aromatic heterocycles. The lowest BCUT2D eigenvalue weighted by Gasteiger charge is -2.15. The van der Waals surface area contributed by atoms with Crippen molar-refractivity contribution in [2.45, 2.75) is 25.3 Å². The van der Waals surface area contributed by atoms with E-state index in [0.717, 1.165) is 10.3 Å². The average Bonchev–Trinajstić information content (AvgIpc) is 3.12. The Morgan fingerprint density at radius 3 is 3.00 bits per heavy atom. The van der Waals surface area contributed by atoms with Crippen molar-refractivity contribution in [1.29, 1.82) is 0 Å². The molecule has 1 fully saturated rings. The van der Waals surface area contributed by atoms with Gasteiger partial charge in [-0.3, -0.25) is 10.1 Å². The lowest BCUT2D eigenvalue weighted by atomic mass is 10.0.